The molecule has 2 aromatic carbocycles. The molecule has 11 heteroatoms. The number of urea groups is 1. The maximum absolute atomic E-state index is 12.4. The van der Waals surface area contributed by atoms with Gasteiger partial charge in [-0.3, -0.25) is 24.6 Å². The van der Waals surface area contributed by atoms with Crippen LogP contribution in [0.4, 0.5) is 21.9 Å². The number of carbonyl (C=O) groups excluding carboxylic acids is 3. The summed E-state index contributed by atoms with van der Waals surface area (Å²) in [4.78, 5) is 47.8. The van der Waals surface area contributed by atoms with Crippen LogP contribution < -0.4 is 16.4 Å². The number of nitrogens with one attached hydrogen (secondary N) is 2. The number of hydrogen-bond donors (Lipinski definition) is 3. The molecule has 3 rings (SSSR count). The number of hydrogen-bond acceptors (Lipinski definition) is 6. The number of rotatable bonds is 6. The van der Waals surface area contributed by atoms with Crippen molar-refractivity contribution in [3.05, 3.63) is 62.7 Å². The zero-order valence-corrected chi connectivity index (χ0v) is 15.7. The molecule has 1 heterocycles. The summed E-state index contributed by atoms with van der Waals surface area (Å²) in [6.07, 6.45) is 0.309. The molecule has 0 unspecified atom stereocenters. The lowest BCUT2D eigenvalue weighted by Crippen LogP contribution is -2.35. The van der Waals surface area contributed by atoms with Crippen LogP contribution in [-0.2, 0) is 0 Å². The van der Waals surface area contributed by atoms with Gasteiger partial charge in [0.05, 0.1) is 26.8 Å². The Morgan fingerprint density at radius 1 is 1.14 bits per heavy atom. The Bertz CT molecular complexity index is 1030. The predicted octanol–water partition coefficient (Wildman–Crippen LogP) is 2.64. The minimum absolute atomic E-state index is 0.00938. The molecule has 2 aromatic rings. The van der Waals surface area contributed by atoms with E-state index in [-0.39, 0.29) is 29.9 Å². The monoisotopic (exact) mass is 417 g/mol. The van der Waals surface area contributed by atoms with Gasteiger partial charge in [0.2, 0.25) is 0 Å². The quantitative estimate of drug-likeness (QED) is 0.216. The summed E-state index contributed by atoms with van der Waals surface area (Å²) in [6.45, 7) is 0.260. The van der Waals surface area contributed by atoms with Crippen LogP contribution in [0.1, 0.15) is 27.1 Å². The highest BCUT2D eigenvalue weighted by molar-refractivity contribution is 6.33. The van der Waals surface area contributed by atoms with Gasteiger partial charge in [-0.15, -0.1) is 0 Å². The number of amides is 4. The first-order valence-electron chi connectivity index (χ1n) is 8.52. The van der Waals surface area contributed by atoms with Crippen molar-refractivity contribution < 1.29 is 19.3 Å². The molecule has 0 saturated heterocycles. The van der Waals surface area contributed by atoms with Gasteiger partial charge in [-0.25, -0.2) is 4.79 Å². The van der Waals surface area contributed by atoms with E-state index >= 15 is 0 Å². The van der Waals surface area contributed by atoms with Gasteiger partial charge in [0, 0.05) is 30.9 Å². The maximum Gasteiger partial charge on any atom is 0.319 e. The third-order valence-electron chi connectivity index (χ3n) is 4.27. The van der Waals surface area contributed by atoms with E-state index in [1.165, 1.54) is 18.2 Å². The Hall–Kier alpha value is -3.66. The molecule has 1 aliphatic rings. The topological polar surface area (TPSA) is 148 Å². The number of halogens is 1. The highest BCUT2D eigenvalue weighted by Crippen LogP contribution is 2.27. The van der Waals surface area contributed by atoms with Crippen molar-refractivity contribution in [2.75, 3.05) is 24.1 Å². The smallest absolute Gasteiger partial charge is 0.319 e. The molecule has 0 aromatic heterocycles. The van der Waals surface area contributed by atoms with Crippen molar-refractivity contribution >= 4 is 46.5 Å². The number of nitro benzene ring substituents is 1. The fraction of sp³-hybridized carbons (Fsp3) is 0.167. The Morgan fingerprint density at radius 2 is 1.86 bits per heavy atom. The van der Waals surface area contributed by atoms with Crippen LogP contribution in [0.25, 0.3) is 0 Å². The highest BCUT2D eigenvalue weighted by Gasteiger charge is 2.36. The second kappa shape index (κ2) is 8.15. The van der Waals surface area contributed by atoms with E-state index in [2.05, 4.69) is 10.6 Å². The first kappa shape index (κ1) is 20.1. The van der Waals surface area contributed by atoms with Crippen molar-refractivity contribution in [1.29, 1.82) is 0 Å². The summed E-state index contributed by atoms with van der Waals surface area (Å²) >= 11 is 5.89. The summed E-state index contributed by atoms with van der Waals surface area (Å²) in [6, 6.07) is 7.74. The maximum atomic E-state index is 12.4. The van der Waals surface area contributed by atoms with Gasteiger partial charge in [0.15, 0.2) is 0 Å². The van der Waals surface area contributed by atoms with Gasteiger partial charge < -0.3 is 16.4 Å². The minimum Gasteiger partial charge on any atom is -0.398 e. The molecule has 1 aliphatic heterocycles. The number of benzene rings is 2. The molecule has 4 amide bonds. The number of nitrogens with zero attached hydrogens (tertiary/aromatic N) is 2. The summed E-state index contributed by atoms with van der Waals surface area (Å²) in [5.41, 5.74) is 6.34. The van der Waals surface area contributed by atoms with Gasteiger partial charge in [0.1, 0.15) is 0 Å². The molecule has 4 N–H and O–H groups in total. The molecule has 0 bridgehead atoms. The number of nitrogens with two attached hydrogens (primary N) is 1. The lowest BCUT2D eigenvalue weighted by molar-refractivity contribution is -0.384. The fourth-order valence-corrected chi connectivity index (χ4v) is 3.00. The van der Waals surface area contributed by atoms with Crippen molar-refractivity contribution in [3.63, 3.8) is 0 Å². The first-order chi connectivity index (χ1) is 13.8. The van der Waals surface area contributed by atoms with E-state index in [0.29, 0.717) is 22.8 Å². The van der Waals surface area contributed by atoms with Crippen molar-refractivity contribution in [3.8, 4) is 0 Å². The molecule has 29 heavy (non-hydrogen) atoms. The molecule has 0 aliphatic carbocycles. The van der Waals surface area contributed by atoms with Crippen LogP contribution >= 0.6 is 11.6 Å². The fourth-order valence-electron chi connectivity index (χ4n) is 2.81. The minimum atomic E-state index is -0.627. The number of anilines is 2. The summed E-state index contributed by atoms with van der Waals surface area (Å²) < 4.78 is 0. The second-order valence-electron chi connectivity index (χ2n) is 6.22. The molecular formula is C18H16ClN5O5. The SMILES string of the molecule is Nc1ccc(NC(=O)NCCCN2C(=O)c3ccc([N+](=O)[O-])cc3C2=O)cc1Cl. The number of nitro groups is 1. The number of carbonyl (C=O) groups is 3. The van der Waals surface area contributed by atoms with Gasteiger partial charge >= 0.3 is 6.03 Å². The molecule has 10 nitrogen and oxygen atoms in total. The number of non-ortho nitro benzene ring substituents is 1. The van der Waals surface area contributed by atoms with Crippen molar-refractivity contribution in [1.82, 2.24) is 10.2 Å². The molecule has 0 atom stereocenters. The number of fused-ring (bicyclic) bond motifs is 1. The van der Waals surface area contributed by atoms with E-state index < -0.39 is 22.8 Å². The zero-order valence-electron chi connectivity index (χ0n) is 15.0. The summed E-state index contributed by atoms with van der Waals surface area (Å²) in [7, 11) is 0. The average Bonchev–Trinajstić information content (AvgIpc) is 2.92. The standard InChI is InChI=1S/C18H16ClN5O5/c19-14-8-10(2-5-15(14)20)22-18(27)21-6-1-7-23-16(25)12-4-3-11(24(28)29)9-13(12)17(23)26/h2-5,8-9H,1,6-7,20H2,(H2,21,22,27). The molecule has 0 fully saturated rings. The van der Waals surface area contributed by atoms with E-state index in [9.17, 15) is 24.5 Å². The molecule has 0 saturated carbocycles. The summed E-state index contributed by atoms with van der Waals surface area (Å²) in [5.74, 6) is -1.10. The lowest BCUT2D eigenvalue weighted by atomic mass is 10.1. The Morgan fingerprint density at radius 3 is 2.55 bits per heavy atom. The van der Waals surface area contributed by atoms with Crippen LogP contribution in [0.2, 0.25) is 5.02 Å². The zero-order chi connectivity index (χ0) is 21.1. The van der Waals surface area contributed by atoms with E-state index in [4.69, 9.17) is 17.3 Å². The Kier molecular flexibility index (Phi) is 5.64. The molecule has 150 valence electrons. The van der Waals surface area contributed by atoms with Crippen molar-refractivity contribution in [2.24, 2.45) is 0 Å². The third kappa shape index (κ3) is 4.27. The third-order valence-corrected chi connectivity index (χ3v) is 4.59. The molecule has 0 radical (unpaired) electrons. The van der Waals surface area contributed by atoms with Crippen LogP contribution in [0.5, 0.6) is 0 Å². The van der Waals surface area contributed by atoms with E-state index in [0.717, 1.165) is 11.0 Å². The number of imide groups is 1. The second-order valence-corrected chi connectivity index (χ2v) is 6.63. The summed E-state index contributed by atoms with van der Waals surface area (Å²) in [5, 5.41) is 16.3. The molecular weight excluding hydrogens is 402 g/mol. The normalized spacial score (nSPS) is 12.7. The lowest BCUT2D eigenvalue weighted by Gasteiger charge is -2.14. The molecule has 0 spiro atoms. The highest BCUT2D eigenvalue weighted by atomic mass is 35.5. The number of nitrogen functional groups attached to an aromatic ring is 1. The largest absolute Gasteiger partial charge is 0.398 e. The van der Waals surface area contributed by atoms with Gasteiger partial charge in [-0.2, -0.15) is 0 Å². The van der Waals surface area contributed by atoms with Gasteiger partial charge in [0.25, 0.3) is 17.5 Å². The van der Waals surface area contributed by atoms with Crippen molar-refractivity contribution in [2.45, 2.75) is 6.42 Å². The van der Waals surface area contributed by atoms with Gasteiger partial charge in [-0.05, 0) is 30.7 Å². The van der Waals surface area contributed by atoms with Crippen LogP contribution in [0, 0.1) is 10.1 Å². The van der Waals surface area contributed by atoms with Gasteiger partial charge in [-0.1, -0.05) is 11.6 Å². The van der Waals surface area contributed by atoms with E-state index in [1.54, 1.807) is 12.1 Å². The Balaban J connectivity index is 1.51. The van der Waals surface area contributed by atoms with Crippen LogP contribution in [0.3, 0.4) is 0 Å². The van der Waals surface area contributed by atoms with Crippen LogP contribution in [-0.4, -0.2) is 40.8 Å². The Labute approximate surface area is 169 Å². The first-order valence-corrected chi connectivity index (χ1v) is 8.90. The van der Waals surface area contributed by atoms with E-state index in [1.807, 2.05) is 0 Å². The average molecular weight is 418 g/mol. The van der Waals surface area contributed by atoms with Crippen LogP contribution in [0.15, 0.2) is 36.4 Å². The predicted molar refractivity (Wildman–Crippen MR) is 106 cm³/mol.